The van der Waals surface area contributed by atoms with Crippen molar-refractivity contribution < 1.29 is 4.74 Å². The van der Waals surface area contributed by atoms with Gasteiger partial charge in [-0.3, -0.25) is 0 Å². The Morgan fingerprint density at radius 1 is 0.724 bits per heavy atom. The quantitative estimate of drug-likeness (QED) is 0.407. The van der Waals surface area contributed by atoms with Crippen LogP contribution >= 0.6 is 7.92 Å². The van der Waals surface area contributed by atoms with Gasteiger partial charge in [-0.25, -0.2) is 0 Å². The Balaban J connectivity index is 1.77. The van der Waals surface area contributed by atoms with Crippen molar-refractivity contribution in [3.8, 4) is 11.5 Å². The highest BCUT2D eigenvalue weighted by molar-refractivity contribution is 7.79. The first-order valence-electron chi connectivity index (χ1n) is 9.89. The van der Waals surface area contributed by atoms with Crippen molar-refractivity contribution in [1.82, 2.24) is 0 Å². The molecule has 5 rings (SSSR count). The molecule has 0 spiro atoms. The van der Waals surface area contributed by atoms with E-state index in [2.05, 4.69) is 105 Å². The molecule has 1 aliphatic rings. The van der Waals surface area contributed by atoms with E-state index in [1.165, 1.54) is 27.0 Å². The van der Waals surface area contributed by atoms with Crippen LogP contribution < -0.4 is 20.7 Å². The zero-order chi connectivity index (χ0) is 19.8. The van der Waals surface area contributed by atoms with Crippen LogP contribution in [0.25, 0.3) is 0 Å². The fraction of sp³-hybridized carbons (Fsp3) is 0.111. The van der Waals surface area contributed by atoms with Gasteiger partial charge in [-0.05, 0) is 36.0 Å². The minimum Gasteiger partial charge on any atom is -0.456 e. The SMILES string of the molecule is CC1(C)c2ccccc2Oc2[c]ccc(P(c3ccccc3)c3ccccc3)c21. The Hall–Kier alpha value is -2.89. The molecule has 1 aliphatic heterocycles. The third kappa shape index (κ3) is 3.07. The topological polar surface area (TPSA) is 9.23 Å². The lowest BCUT2D eigenvalue weighted by molar-refractivity contribution is 0.419. The summed E-state index contributed by atoms with van der Waals surface area (Å²) in [5.74, 6) is 1.78. The number of benzene rings is 4. The van der Waals surface area contributed by atoms with Gasteiger partial charge in [0.1, 0.15) is 11.5 Å². The molecule has 0 saturated heterocycles. The molecule has 1 nitrogen and oxygen atoms in total. The maximum atomic E-state index is 6.33. The van der Waals surface area contributed by atoms with Crippen LogP contribution in [0.2, 0.25) is 0 Å². The Bertz CT molecular complexity index is 1110. The van der Waals surface area contributed by atoms with Crippen LogP contribution in [0.4, 0.5) is 0 Å². The molecule has 0 saturated carbocycles. The molecule has 0 N–H and O–H groups in total. The minimum atomic E-state index is -0.708. The molecule has 1 radical (unpaired) electrons. The molecule has 141 valence electrons. The third-order valence-corrected chi connectivity index (χ3v) is 8.09. The van der Waals surface area contributed by atoms with Gasteiger partial charge in [0.2, 0.25) is 0 Å². The first kappa shape index (κ1) is 18.2. The third-order valence-electron chi connectivity index (χ3n) is 5.61. The van der Waals surface area contributed by atoms with E-state index in [9.17, 15) is 0 Å². The molecule has 0 aliphatic carbocycles. The Labute approximate surface area is 173 Å². The zero-order valence-corrected chi connectivity index (χ0v) is 17.5. The lowest BCUT2D eigenvalue weighted by Crippen LogP contribution is -2.33. The molecule has 4 aromatic carbocycles. The van der Waals surface area contributed by atoms with Gasteiger partial charge in [-0.2, -0.15) is 0 Å². The summed E-state index contributed by atoms with van der Waals surface area (Å²) in [6, 6.07) is 37.6. The highest BCUT2D eigenvalue weighted by Gasteiger charge is 2.38. The number of rotatable bonds is 3. The lowest BCUT2D eigenvalue weighted by Gasteiger charge is -2.37. The standard InChI is InChI=1S/C27H22OP/c1-27(2)22-16-9-10-17-23(22)28-24-18-11-19-25(26(24)27)29(20-12-5-3-6-13-20)21-14-7-4-8-15-21/h3-17,19H,1-2H3. The van der Waals surface area contributed by atoms with Crippen LogP contribution in [0.3, 0.4) is 0 Å². The second-order valence-electron chi connectivity index (χ2n) is 7.80. The number of para-hydroxylation sites is 1. The molecule has 29 heavy (non-hydrogen) atoms. The maximum Gasteiger partial charge on any atom is 0.140 e. The number of hydrogen-bond acceptors (Lipinski definition) is 1. The number of hydrogen-bond donors (Lipinski definition) is 0. The fourth-order valence-electron chi connectivity index (χ4n) is 4.24. The second kappa shape index (κ2) is 7.17. The molecular weight excluding hydrogens is 371 g/mol. The van der Waals surface area contributed by atoms with Crippen molar-refractivity contribution in [1.29, 1.82) is 0 Å². The van der Waals surface area contributed by atoms with Gasteiger partial charge in [-0.15, -0.1) is 0 Å². The van der Waals surface area contributed by atoms with E-state index in [-0.39, 0.29) is 5.41 Å². The number of ether oxygens (including phenoxy) is 1. The summed E-state index contributed by atoms with van der Waals surface area (Å²) in [5, 5.41) is 4.03. The van der Waals surface area contributed by atoms with E-state index in [1.807, 2.05) is 12.1 Å². The van der Waals surface area contributed by atoms with E-state index < -0.39 is 7.92 Å². The molecule has 0 fully saturated rings. The Kier molecular flexibility index (Phi) is 4.49. The van der Waals surface area contributed by atoms with Crippen LogP contribution in [0.5, 0.6) is 11.5 Å². The van der Waals surface area contributed by atoms with E-state index >= 15 is 0 Å². The molecule has 0 unspecified atom stereocenters. The molecule has 0 bridgehead atoms. The molecule has 2 heteroatoms. The summed E-state index contributed by atoms with van der Waals surface area (Å²) in [7, 11) is -0.708. The van der Waals surface area contributed by atoms with E-state index in [4.69, 9.17) is 4.74 Å². The van der Waals surface area contributed by atoms with Crippen molar-refractivity contribution in [3.63, 3.8) is 0 Å². The zero-order valence-electron chi connectivity index (χ0n) is 16.6. The van der Waals surface area contributed by atoms with Crippen LogP contribution in [-0.4, -0.2) is 0 Å². The monoisotopic (exact) mass is 393 g/mol. The second-order valence-corrected chi connectivity index (χ2v) is 9.98. The Morgan fingerprint density at radius 3 is 1.97 bits per heavy atom. The van der Waals surface area contributed by atoms with Crippen molar-refractivity contribution in [2.24, 2.45) is 0 Å². The smallest absolute Gasteiger partial charge is 0.140 e. The van der Waals surface area contributed by atoms with E-state index in [0.717, 1.165) is 11.5 Å². The Morgan fingerprint density at radius 2 is 1.31 bits per heavy atom. The summed E-state index contributed by atoms with van der Waals surface area (Å²) >= 11 is 0. The van der Waals surface area contributed by atoms with Crippen LogP contribution in [0.1, 0.15) is 25.0 Å². The molecular formula is C27H22OP. The predicted molar refractivity (Wildman–Crippen MR) is 123 cm³/mol. The van der Waals surface area contributed by atoms with E-state index in [0.29, 0.717) is 0 Å². The first-order valence-corrected chi connectivity index (χ1v) is 11.2. The van der Waals surface area contributed by atoms with E-state index in [1.54, 1.807) is 0 Å². The largest absolute Gasteiger partial charge is 0.456 e. The molecule has 4 aromatic rings. The fourth-order valence-corrected chi connectivity index (χ4v) is 6.86. The first-order chi connectivity index (χ1) is 14.2. The van der Waals surface area contributed by atoms with Crippen molar-refractivity contribution in [3.05, 3.63) is 114 Å². The molecule has 1 heterocycles. The van der Waals surface area contributed by atoms with Crippen LogP contribution in [-0.2, 0) is 5.41 Å². The van der Waals surface area contributed by atoms with Gasteiger partial charge in [0.05, 0.1) is 0 Å². The number of fused-ring (bicyclic) bond motifs is 2. The van der Waals surface area contributed by atoms with Gasteiger partial charge in [0.15, 0.2) is 0 Å². The molecule has 0 atom stereocenters. The maximum absolute atomic E-state index is 6.33. The van der Waals surface area contributed by atoms with Gasteiger partial charge in [0, 0.05) is 22.6 Å². The van der Waals surface area contributed by atoms with Crippen molar-refractivity contribution >= 4 is 23.8 Å². The average Bonchev–Trinajstić information content (AvgIpc) is 2.75. The van der Waals surface area contributed by atoms with Gasteiger partial charge in [-0.1, -0.05) is 98.8 Å². The van der Waals surface area contributed by atoms with Gasteiger partial charge < -0.3 is 4.74 Å². The lowest BCUT2D eigenvalue weighted by atomic mass is 9.76. The molecule has 0 amide bonds. The normalized spacial score (nSPS) is 14.0. The highest BCUT2D eigenvalue weighted by Crippen LogP contribution is 2.49. The minimum absolute atomic E-state index is 0.165. The predicted octanol–water partition coefficient (Wildman–Crippen LogP) is 5.68. The average molecular weight is 393 g/mol. The van der Waals surface area contributed by atoms with Crippen molar-refractivity contribution in [2.75, 3.05) is 0 Å². The molecule has 0 aromatic heterocycles. The van der Waals surface area contributed by atoms with Gasteiger partial charge in [0.25, 0.3) is 0 Å². The highest BCUT2D eigenvalue weighted by atomic mass is 31.1. The van der Waals surface area contributed by atoms with Crippen LogP contribution in [0.15, 0.2) is 97.1 Å². The summed E-state index contributed by atoms with van der Waals surface area (Å²) in [5.41, 5.74) is 2.31. The van der Waals surface area contributed by atoms with Gasteiger partial charge >= 0.3 is 0 Å². The van der Waals surface area contributed by atoms with Crippen molar-refractivity contribution in [2.45, 2.75) is 19.3 Å². The summed E-state index contributed by atoms with van der Waals surface area (Å²) in [6.07, 6.45) is 0. The summed E-state index contributed by atoms with van der Waals surface area (Å²) in [4.78, 5) is 0. The summed E-state index contributed by atoms with van der Waals surface area (Å²) in [6.45, 7) is 4.60. The summed E-state index contributed by atoms with van der Waals surface area (Å²) < 4.78 is 6.33. The van der Waals surface area contributed by atoms with Crippen LogP contribution in [0, 0.1) is 6.07 Å².